The third kappa shape index (κ3) is 5.02. The van der Waals surface area contributed by atoms with Crippen molar-refractivity contribution in [3.63, 3.8) is 0 Å². The number of carbonyl (C=O) groups excluding carboxylic acids is 2. The molecule has 0 saturated carbocycles. The fourth-order valence-electron chi connectivity index (χ4n) is 3.39. The summed E-state index contributed by atoms with van der Waals surface area (Å²) in [5, 5.41) is 5.60. The van der Waals surface area contributed by atoms with Crippen molar-refractivity contribution in [1.82, 2.24) is 4.31 Å². The smallest absolute Gasteiger partial charge is 0.243 e. The molecule has 2 aromatic carbocycles. The van der Waals surface area contributed by atoms with Gasteiger partial charge in [-0.15, -0.1) is 0 Å². The number of nitrogens with zero attached hydrogens (tertiary/aromatic N) is 1. The average molecular weight is 416 g/mol. The molecule has 8 heteroatoms. The highest BCUT2D eigenvalue weighted by Gasteiger charge is 2.32. The minimum absolute atomic E-state index is 0.168. The average Bonchev–Trinajstić information content (AvgIpc) is 2.70. The van der Waals surface area contributed by atoms with Gasteiger partial charge in [0.15, 0.2) is 0 Å². The quantitative estimate of drug-likeness (QED) is 0.785. The van der Waals surface area contributed by atoms with Crippen LogP contribution in [0.2, 0.25) is 0 Å². The maximum Gasteiger partial charge on any atom is 0.243 e. The fraction of sp³-hybridized carbons (Fsp3) is 0.333. The number of piperidine rings is 1. The number of sulfonamides is 1. The Kier molecular flexibility index (Phi) is 6.34. The Hall–Kier alpha value is -2.71. The maximum absolute atomic E-state index is 12.8. The van der Waals surface area contributed by atoms with E-state index in [1.807, 2.05) is 13.0 Å². The lowest BCUT2D eigenvalue weighted by Gasteiger charge is -2.30. The number of nitrogens with one attached hydrogen (secondary N) is 2. The Balaban J connectivity index is 1.65. The molecule has 154 valence electrons. The Morgan fingerprint density at radius 3 is 2.24 bits per heavy atom. The molecule has 1 heterocycles. The highest BCUT2D eigenvalue weighted by molar-refractivity contribution is 7.89. The summed E-state index contributed by atoms with van der Waals surface area (Å²) < 4.78 is 26.9. The molecule has 7 nitrogen and oxygen atoms in total. The van der Waals surface area contributed by atoms with Crippen LogP contribution >= 0.6 is 0 Å². The predicted octanol–water partition coefficient (Wildman–Crippen LogP) is 2.99. The van der Waals surface area contributed by atoms with E-state index in [0.717, 1.165) is 5.56 Å². The van der Waals surface area contributed by atoms with E-state index in [-0.39, 0.29) is 22.6 Å². The van der Waals surface area contributed by atoms with Crippen molar-refractivity contribution in [2.45, 2.75) is 31.6 Å². The Labute approximate surface area is 171 Å². The molecule has 2 amide bonds. The van der Waals surface area contributed by atoms with E-state index in [0.29, 0.717) is 37.3 Å². The van der Waals surface area contributed by atoms with Gasteiger partial charge in [-0.2, -0.15) is 4.31 Å². The number of rotatable bonds is 5. The minimum atomic E-state index is -3.54. The number of anilines is 2. The van der Waals surface area contributed by atoms with Crippen molar-refractivity contribution in [3.05, 3.63) is 54.1 Å². The summed E-state index contributed by atoms with van der Waals surface area (Å²) in [6, 6.07) is 13.7. The number of aryl methyl sites for hydroxylation is 1. The zero-order valence-electron chi connectivity index (χ0n) is 16.5. The van der Waals surface area contributed by atoms with Gasteiger partial charge in [0.2, 0.25) is 21.8 Å². The van der Waals surface area contributed by atoms with Gasteiger partial charge in [0, 0.05) is 25.9 Å². The normalized spacial score (nSPS) is 15.7. The van der Waals surface area contributed by atoms with Gasteiger partial charge in [-0.1, -0.05) is 24.3 Å². The molecular weight excluding hydrogens is 390 g/mol. The molecular formula is C21H25N3O4S. The summed E-state index contributed by atoms with van der Waals surface area (Å²) >= 11 is 0. The largest absolute Gasteiger partial charge is 0.325 e. The lowest BCUT2D eigenvalue weighted by atomic mass is 9.97. The van der Waals surface area contributed by atoms with Crippen LogP contribution in [0.5, 0.6) is 0 Å². The molecule has 0 bridgehead atoms. The SMILES string of the molecule is CC(=O)Nc1ccc(C)cc1NC(=O)C1CCN(S(=O)(=O)c2ccccc2)CC1. The van der Waals surface area contributed by atoms with Crippen LogP contribution in [0.25, 0.3) is 0 Å². The van der Waals surface area contributed by atoms with E-state index in [4.69, 9.17) is 0 Å². The van der Waals surface area contributed by atoms with Crippen molar-refractivity contribution in [2.75, 3.05) is 23.7 Å². The zero-order chi connectivity index (χ0) is 21.0. The molecule has 29 heavy (non-hydrogen) atoms. The number of carbonyl (C=O) groups is 2. The second kappa shape index (κ2) is 8.75. The minimum Gasteiger partial charge on any atom is -0.325 e. The first kappa shape index (κ1) is 21.0. The zero-order valence-corrected chi connectivity index (χ0v) is 17.3. The van der Waals surface area contributed by atoms with Gasteiger partial charge >= 0.3 is 0 Å². The van der Waals surface area contributed by atoms with Gasteiger partial charge in [0.25, 0.3) is 0 Å². The second-order valence-corrected chi connectivity index (χ2v) is 9.15. The number of hydrogen-bond donors (Lipinski definition) is 2. The Bertz CT molecular complexity index is 998. The molecule has 0 spiro atoms. The third-order valence-corrected chi connectivity index (χ3v) is 6.86. The number of benzene rings is 2. The number of hydrogen-bond acceptors (Lipinski definition) is 4. The molecule has 0 aliphatic carbocycles. The molecule has 1 aliphatic rings. The summed E-state index contributed by atoms with van der Waals surface area (Å²) in [5.41, 5.74) is 2.04. The van der Waals surface area contributed by atoms with Crippen LogP contribution in [-0.2, 0) is 19.6 Å². The van der Waals surface area contributed by atoms with Gasteiger partial charge in [0.1, 0.15) is 0 Å². The first-order valence-corrected chi connectivity index (χ1v) is 11.0. The molecule has 0 radical (unpaired) electrons. The van der Waals surface area contributed by atoms with E-state index in [1.54, 1.807) is 42.5 Å². The molecule has 0 atom stereocenters. The van der Waals surface area contributed by atoms with Crippen LogP contribution in [0.1, 0.15) is 25.3 Å². The molecule has 1 aliphatic heterocycles. The maximum atomic E-state index is 12.8. The standard InChI is InChI=1S/C21H25N3O4S/c1-15-8-9-19(22-16(2)25)20(14-15)23-21(26)17-10-12-24(13-11-17)29(27,28)18-6-4-3-5-7-18/h3-9,14,17H,10-13H2,1-2H3,(H,22,25)(H,23,26). The summed E-state index contributed by atoms with van der Waals surface area (Å²) in [6.45, 7) is 3.90. The molecule has 1 saturated heterocycles. The van der Waals surface area contributed by atoms with Crippen LogP contribution in [-0.4, -0.2) is 37.6 Å². The van der Waals surface area contributed by atoms with Crippen molar-refractivity contribution in [1.29, 1.82) is 0 Å². The molecule has 0 unspecified atom stereocenters. The highest BCUT2D eigenvalue weighted by Crippen LogP contribution is 2.27. The summed E-state index contributed by atoms with van der Waals surface area (Å²) in [4.78, 5) is 24.4. The molecule has 2 aromatic rings. The highest BCUT2D eigenvalue weighted by atomic mass is 32.2. The van der Waals surface area contributed by atoms with E-state index in [9.17, 15) is 18.0 Å². The van der Waals surface area contributed by atoms with Crippen molar-refractivity contribution in [2.24, 2.45) is 5.92 Å². The van der Waals surface area contributed by atoms with E-state index >= 15 is 0 Å². The van der Waals surface area contributed by atoms with E-state index in [2.05, 4.69) is 10.6 Å². The summed E-state index contributed by atoms with van der Waals surface area (Å²) in [6.07, 6.45) is 0.887. The van der Waals surface area contributed by atoms with E-state index in [1.165, 1.54) is 11.2 Å². The lowest BCUT2D eigenvalue weighted by molar-refractivity contribution is -0.121. The van der Waals surface area contributed by atoms with Crippen molar-refractivity contribution >= 4 is 33.2 Å². The number of amides is 2. The van der Waals surface area contributed by atoms with Crippen LogP contribution in [0.15, 0.2) is 53.4 Å². The van der Waals surface area contributed by atoms with Crippen LogP contribution in [0, 0.1) is 12.8 Å². The summed E-state index contributed by atoms with van der Waals surface area (Å²) in [5.74, 6) is -0.675. The van der Waals surface area contributed by atoms with Gasteiger partial charge in [0.05, 0.1) is 16.3 Å². The lowest BCUT2D eigenvalue weighted by Crippen LogP contribution is -2.41. The van der Waals surface area contributed by atoms with Gasteiger partial charge in [-0.05, 0) is 49.6 Å². The molecule has 0 aromatic heterocycles. The van der Waals surface area contributed by atoms with Crippen LogP contribution in [0.4, 0.5) is 11.4 Å². The van der Waals surface area contributed by atoms with Gasteiger partial charge in [-0.3, -0.25) is 9.59 Å². The van der Waals surface area contributed by atoms with Crippen molar-refractivity contribution < 1.29 is 18.0 Å². The topological polar surface area (TPSA) is 95.6 Å². The van der Waals surface area contributed by atoms with Crippen LogP contribution < -0.4 is 10.6 Å². The second-order valence-electron chi connectivity index (χ2n) is 7.21. The van der Waals surface area contributed by atoms with Crippen molar-refractivity contribution in [3.8, 4) is 0 Å². The first-order valence-electron chi connectivity index (χ1n) is 9.51. The Morgan fingerprint density at radius 2 is 1.62 bits per heavy atom. The summed E-state index contributed by atoms with van der Waals surface area (Å²) in [7, 11) is -3.54. The van der Waals surface area contributed by atoms with E-state index < -0.39 is 10.0 Å². The van der Waals surface area contributed by atoms with Crippen LogP contribution in [0.3, 0.4) is 0 Å². The monoisotopic (exact) mass is 415 g/mol. The first-order chi connectivity index (χ1) is 13.8. The third-order valence-electron chi connectivity index (χ3n) is 4.95. The Morgan fingerprint density at radius 1 is 0.966 bits per heavy atom. The molecule has 3 rings (SSSR count). The fourth-order valence-corrected chi connectivity index (χ4v) is 4.89. The van der Waals surface area contributed by atoms with Gasteiger partial charge < -0.3 is 10.6 Å². The molecule has 2 N–H and O–H groups in total. The molecule has 1 fully saturated rings. The predicted molar refractivity (Wildman–Crippen MR) is 112 cm³/mol. The van der Waals surface area contributed by atoms with Gasteiger partial charge in [-0.25, -0.2) is 8.42 Å².